The summed E-state index contributed by atoms with van der Waals surface area (Å²) in [6, 6.07) is 12.6. The highest BCUT2D eigenvalue weighted by atomic mass is 32.2. The number of methoxy groups -OCH3 is 1. The van der Waals surface area contributed by atoms with Crippen molar-refractivity contribution in [1.29, 1.82) is 0 Å². The lowest BCUT2D eigenvalue weighted by Gasteiger charge is -2.15. The van der Waals surface area contributed by atoms with Crippen LogP contribution in [0.5, 0.6) is 0 Å². The molecule has 10 heteroatoms. The Labute approximate surface area is 187 Å². The first-order chi connectivity index (χ1) is 15.3. The number of anilines is 2. The van der Waals surface area contributed by atoms with Gasteiger partial charge in [0, 0.05) is 29.2 Å². The smallest absolute Gasteiger partial charge is 0.337 e. The van der Waals surface area contributed by atoms with Crippen molar-refractivity contribution in [3.63, 3.8) is 0 Å². The van der Waals surface area contributed by atoms with Crippen LogP contribution in [0, 0.1) is 0 Å². The normalized spacial score (nSPS) is 15.8. The van der Waals surface area contributed by atoms with E-state index in [4.69, 9.17) is 5.11 Å². The Morgan fingerprint density at radius 3 is 2.50 bits per heavy atom. The molecule has 0 saturated carbocycles. The van der Waals surface area contributed by atoms with Crippen molar-refractivity contribution >= 4 is 52.8 Å². The summed E-state index contributed by atoms with van der Waals surface area (Å²) in [7, 11) is 1.26. The molecule has 2 aromatic carbocycles. The van der Waals surface area contributed by atoms with E-state index in [1.807, 2.05) is 0 Å². The summed E-state index contributed by atoms with van der Waals surface area (Å²) in [5, 5.41) is 10.5. The summed E-state index contributed by atoms with van der Waals surface area (Å²) in [4.78, 5) is 60.9. The number of thioether (sulfide) groups is 1. The molecule has 3 amide bonds. The number of carboxylic acids is 1. The third-order valence-electron chi connectivity index (χ3n) is 4.41. The van der Waals surface area contributed by atoms with Crippen LogP contribution in [0.4, 0.5) is 11.4 Å². The lowest BCUT2D eigenvalue weighted by molar-refractivity contribution is -0.131. The van der Waals surface area contributed by atoms with Crippen LogP contribution in [0.3, 0.4) is 0 Å². The Kier molecular flexibility index (Phi) is 7.06. The van der Waals surface area contributed by atoms with Gasteiger partial charge in [-0.05, 0) is 42.5 Å². The molecule has 0 aliphatic carbocycles. The van der Waals surface area contributed by atoms with E-state index in [1.54, 1.807) is 24.3 Å². The van der Waals surface area contributed by atoms with Crippen molar-refractivity contribution < 1.29 is 33.8 Å². The van der Waals surface area contributed by atoms with Gasteiger partial charge in [0.25, 0.3) is 0 Å². The molecule has 1 fully saturated rings. The molecule has 164 valence electrons. The lowest BCUT2D eigenvalue weighted by Crippen LogP contribution is -2.31. The van der Waals surface area contributed by atoms with Gasteiger partial charge in [0.1, 0.15) is 0 Å². The van der Waals surface area contributed by atoms with Crippen molar-refractivity contribution in [1.82, 2.24) is 0 Å². The Morgan fingerprint density at radius 1 is 1.12 bits per heavy atom. The number of ether oxygens (including phenoxy) is 1. The number of rotatable bonds is 7. The number of carbonyl (C=O) groups excluding carboxylic acids is 4. The summed E-state index contributed by atoms with van der Waals surface area (Å²) in [5.41, 5.74) is 1.09. The average molecular weight is 454 g/mol. The third-order valence-corrected chi connectivity index (χ3v) is 5.59. The molecule has 0 radical (unpaired) electrons. The largest absolute Gasteiger partial charge is 0.478 e. The maximum absolute atomic E-state index is 12.9. The summed E-state index contributed by atoms with van der Waals surface area (Å²) in [6.07, 6.45) is 1.62. The number of esters is 1. The molecule has 1 heterocycles. The molecule has 3 rings (SSSR count). The second kappa shape index (κ2) is 9.92. The first kappa shape index (κ1) is 22.8. The third kappa shape index (κ3) is 5.41. The predicted octanol–water partition coefficient (Wildman–Crippen LogP) is 2.48. The van der Waals surface area contributed by atoms with Gasteiger partial charge in [-0.15, -0.1) is 11.8 Å². The Hall–Kier alpha value is -3.92. The molecule has 1 unspecified atom stereocenters. The molecule has 1 aliphatic rings. The second-order valence-corrected chi connectivity index (χ2v) is 7.88. The zero-order valence-electron chi connectivity index (χ0n) is 16.8. The number of aliphatic carboxylic acids is 1. The van der Waals surface area contributed by atoms with Crippen LogP contribution < -0.4 is 10.2 Å². The first-order valence-corrected chi connectivity index (χ1v) is 10.2. The van der Waals surface area contributed by atoms with E-state index in [0.717, 1.165) is 17.1 Å². The van der Waals surface area contributed by atoms with Crippen LogP contribution in [0.2, 0.25) is 0 Å². The maximum Gasteiger partial charge on any atom is 0.337 e. The number of nitrogens with zero attached hydrogens (tertiary/aromatic N) is 1. The zero-order valence-corrected chi connectivity index (χ0v) is 17.6. The number of hydrogen-bond donors (Lipinski definition) is 2. The monoisotopic (exact) mass is 454 g/mol. The first-order valence-electron chi connectivity index (χ1n) is 9.32. The van der Waals surface area contributed by atoms with E-state index >= 15 is 0 Å². The molecule has 2 aromatic rings. The van der Waals surface area contributed by atoms with Crippen molar-refractivity contribution in [2.24, 2.45) is 0 Å². The van der Waals surface area contributed by atoms with Gasteiger partial charge in [-0.25, -0.2) is 14.5 Å². The van der Waals surface area contributed by atoms with Gasteiger partial charge in [-0.2, -0.15) is 0 Å². The van der Waals surface area contributed by atoms with Crippen LogP contribution in [-0.4, -0.2) is 47.1 Å². The Balaban J connectivity index is 1.69. The average Bonchev–Trinajstić information content (AvgIpc) is 3.04. The number of benzene rings is 2. The van der Waals surface area contributed by atoms with Crippen LogP contribution in [0.1, 0.15) is 16.8 Å². The molecule has 1 aliphatic heterocycles. The van der Waals surface area contributed by atoms with Crippen molar-refractivity contribution in [2.45, 2.75) is 16.6 Å². The van der Waals surface area contributed by atoms with Crippen molar-refractivity contribution in [3.8, 4) is 0 Å². The minimum absolute atomic E-state index is 0.000188. The van der Waals surface area contributed by atoms with Crippen LogP contribution in [0.25, 0.3) is 0 Å². The van der Waals surface area contributed by atoms with E-state index in [0.29, 0.717) is 21.8 Å². The Morgan fingerprint density at radius 2 is 1.84 bits per heavy atom. The highest BCUT2D eigenvalue weighted by Gasteiger charge is 2.40. The van der Waals surface area contributed by atoms with E-state index in [2.05, 4.69) is 10.1 Å². The van der Waals surface area contributed by atoms with Crippen LogP contribution in [-0.2, 0) is 23.9 Å². The lowest BCUT2D eigenvalue weighted by atomic mass is 10.2. The van der Waals surface area contributed by atoms with E-state index in [-0.39, 0.29) is 18.2 Å². The van der Waals surface area contributed by atoms with Gasteiger partial charge in [0.05, 0.1) is 23.6 Å². The highest BCUT2D eigenvalue weighted by molar-refractivity contribution is 8.00. The molecule has 2 N–H and O–H groups in total. The van der Waals surface area contributed by atoms with E-state index in [9.17, 15) is 24.0 Å². The number of carboxylic acid groups (broad SMARTS) is 1. The molecule has 0 spiro atoms. The van der Waals surface area contributed by atoms with Gasteiger partial charge in [0.15, 0.2) is 0 Å². The van der Waals surface area contributed by atoms with Gasteiger partial charge in [-0.1, -0.05) is 6.07 Å². The van der Waals surface area contributed by atoms with Gasteiger partial charge < -0.3 is 15.2 Å². The van der Waals surface area contributed by atoms with Gasteiger partial charge in [0.2, 0.25) is 17.7 Å². The predicted molar refractivity (Wildman–Crippen MR) is 116 cm³/mol. The van der Waals surface area contributed by atoms with Crippen LogP contribution in [0.15, 0.2) is 65.6 Å². The maximum atomic E-state index is 12.9. The number of amides is 3. The molecule has 0 bridgehead atoms. The molecule has 32 heavy (non-hydrogen) atoms. The Bertz CT molecular complexity index is 1110. The zero-order chi connectivity index (χ0) is 23.3. The molecular formula is C22H18N2O7S. The minimum Gasteiger partial charge on any atom is -0.478 e. The SMILES string of the molecule is COC(=O)c1ccc(N2C(=O)CC(Sc3cccc(NC(=O)/C=C/C(=O)O)c3)C2=O)cc1. The molecule has 1 atom stereocenters. The van der Waals surface area contributed by atoms with Gasteiger partial charge in [-0.3, -0.25) is 14.4 Å². The number of imide groups is 1. The number of carbonyl (C=O) groups is 5. The minimum atomic E-state index is -1.24. The van der Waals surface area contributed by atoms with E-state index < -0.39 is 23.1 Å². The van der Waals surface area contributed by atoms with Crippen molar-refractivity contribution in [2.75, 3.05) is 17.3 Å². The topological polar surface area (TPSA) is 130 Å². The number of hydrogen-bond acceptors (Lipinski definition) is 7. The molecular weight excluding hydrogens is 436 g/mol. The molecule has 9 nitrogen and oxygen atoms in total. The summed E-state index contributed by atoms with van der Waals surface area (Å²) in [6.45, 7) is 0. The summed E-state index contributed by atoms with van der Waals surface area (Å²) in [5.74, 6) is -3.11. The fourth-order valence-electron chi connectivity index (χ4n) is 2.97. The van der Waals surface area contributed by atoms with Crippen molar-refractivity contribution in [3.05, 3.63) is 66.2 Å². The number of nitrogens with one attached hydrogen (secondary N) is 1. The standard InChI is InChI=1S/C22H18N2O7S/c1-31-22(30)13-5-7-15(8-6-13)24-19(26)12-17(21(24)29)32-16-4-2-3-14(11-16)23-18(25)9-10-20(27)28/h2-11,17H,12H2,1H3,(H,23,25)(H,27,28)/b10-9+. The highest BCUT2D eigenvalue weighted by Crippen LogP contribution is 2.35. The fraction of sp³-hybridized carbons (Fsp3) is 0.136. The fourth-order valence-corrected chi connectivity index (χ4v) is 4.09. The summed E-state index contributed by atoms with van der Waals surface area (Å²) >= 11 is 1.18. The second-order valence-electron chi connectivity index (χ2n) is 6.61. The summed E-state index contributed by atoms with van der Waals surface area (Å²) < 4.78 is 4.64. The van der Waals surface area contributed by atoms with Gasteiger partial charge >= 0.3 is 11.9 Å². The molecule has 1 saturated heterocycles. The van der Waals surface area contributed by atoms with Crippen LogP contribution >= 0.6 is 11.8 Å². The van der Waals surface area contributed by atoms with E-state index in [1.165, 1.54) is 43.1 Å². The quantitative estimate of drug-likeness (QED) is 0.371. The molecule has 0 aromatic heterocycles.